The zero-order chi connectivity index (χ0) is 20.9. The number of rotatable bonds is 5. The first-order valence-corrected chi connectivity index (χ1v) is 12.2. The van der Waals surface area contributed by atoms with Gasteiger partial charge in [-0.05, 0) is 50.4 Å². The summed E-state index contributed by atoms with van der Waals surface area (Å²) in [6.07, 6.45) is 3.89. The molecular formula is C20H30ClN3O5S. The van der Waals surface area contributed by atoms with Crippen LogP contribution in [-0.2, 0) is 21.4 Å². The molecule has 30 heavy (non-hydrogen) atoms. The number of carbonyl (C=O) groups is 2. The fraction of sp³-hybridized carbons (Fsp3) is 0.700. The van der Waals surface area contributed by atoms with E-state index in [-0.39, 0.29) is 30.0 Å². The maximum Gasteiger partial charge on any atom is 0.289 e. The van der Waals surface area contributed by atoms with Crippen LogP contribution in [0.3, 0.4) is 0 Å². The van der Waals surface area contributed by atoms with Crippen molar-refractivity contribution in [3.63, 3.8) is 0 Å². The van der Waals surface area contributed by atoms with Gasteiger partial charge in [0.05, 0.1) is 30.8 Å². The molecule has 0 aliphatic carbocycles. The molecule has 3 aliphatic heterocycles. The summed E-state index contributed by atoms with van der Waals surface area (Å²) < 4.78 is 31.3. The van der Waals surface area contributed by atoms with Crippen molar-refractivity contribution in [2.24, 2.45) is 11.8 Å². The molecule has 0 spiro atoms. The molecule has 0 N–H and O–H groups in total. The summed E-state index contributed by atoms with van der Waals surface area (Å²) in [5.41, 5.74) is 0. The van der Waals surface area contributed by atoms with Gasteiger partial charge in [-0.15, -0.1) is 12.4 Å². The van der Waals surface area contributed by atoms with Gasteiger partial charge in [0.2, 0.25) is 15.9 Å². The number of likely N-dealkylation sites (tertiary alicyclic amines) is 2. The summed E-state index contributed by atoms with van der Waals surface area (Å²) in [4.78, 5) is 30.0. The topological polar surface area (TPSA) is 91.1 Å². The van der Waals surface area contributed by atoms with Gasteiger partial charge in [-0.1, -0.05) is 13.8 Å². The predicted octanol–water partition coefficient (Wildman–Crippen LogP) is 1.95. The van der Waals surface area contributed by atoms with Gasteiger partial charge in [0.15, 0.2) is 5.76 Å². The van der Waals surface area contributed by atoms with E-state index in [1.807, 2.05) is 19.9 Å². The van der Waals surface area contributed by atoms with Gasteiger partial charge < -0.3 is 9.32 Å². The van der Waals surface area contributed by atoms with E-state index in [2.05, 4.69) is 4.90 Å². The van der Waals surface area contributed by atoms with Crippen molar-refractivity contribution in [1.82, 2.24) is 14.1 Å². The number of furan rings is 1. The van der Waals surface area contributed by atoms with Gasteiger partial charge in [0.25, 0.3) is 5.91 Å². The van der Waals surface area contributed by atoms with E-state index in [4.69, 9.17) is 4.42 Å². The number of amides is 2. The summed E-state index contributed by atoms with van der Waals surface area (Å²) in [5.74, 6) is -0.250. The molecule has 0 radical (unpaired) electrons. The van der Waals surface area contributed by atoms with Crippen LogP contribution in [0, 0.1) is 11.8 Å². The number of carbonyl (C=O) groups excluding carboxylic acids is 2. The first-order valence-electron chi connectivity index (χ1n) is 10.3. The van der Waals surface area contributed by atoms with Crippen molar-refractivity contribution in [2.75, 3.05) is 25.9 Å². The Morgan fingerprint density at radius 2 is 1.87 bits per heavy atom. The van der Waals surface area contributed by atoms with E-state index >= 15 is 0 Å². The molecular weight excluding hydrogens is 430 g/mol. The zero-order valence-corrected chi connectivity index (χ0v) is 19.2. The largest absolute Gasteiger partial charge is 0.455 e. The Morgan fingerprint density at radius 3 is 2.47 bits per heavy atom. The molecule has 10 heteroatoms. The predicted molar refractivity (Wildman–Crippen MR) is 114 cm³/mol. The van der Waals surface area contributed by atoms with Crippen molar-refractivity contribution in [3.05, 3.63) is 23.7 Å². The third-order valence-corrected chi connectivity index (χ3v) is 7.54. The van der Waals surface area contributed by atoms with Crippen LogP contribution in [0.5, 0.6) is 0 Å². The Bertz CT molecular complexity index is 909. The van der Waals surface area contributed by atoms with Crippen LogP contribution < -0.4 is 0 Å². The molecule has 8 nitrogen and oxygen atoms in total. The van der Waals surface area contributed by atoms with E-state index in [0.717, 1.165) is 29.4 Å². The molecule has 168 valence electrons. The molecule has 3 aliphatic rings. The van der Waals surface area contributed by atoms with Crippen molar-refractivity contribution < 1.29 is 22.4 Å². The summed E-state index contributed by atoms with van der Waals surface area (Å²) in [6.45, 7) is 6.98. The molecule has 4 heterocycles. The quantitative estimate of drug-likeness (QED) is 0.668. The molecule has 1 aromatic rings. The summed E-state index contributed by atoms with van der Waals surface area (Å²) in [6, 6.07) is 2.59. The molecule has 3 atom stereocenters. The fourth-order valence-electron chi connectivity index (χ4n) is 5.15. The highest BCUT2D eigenvalue weighted by molar-refractivity contribution is 7.88. The smallest absolute Gasteiger partial charge is 0.289 e. The minimum absolute atomic E-state index is 0. The standard InChI is InChI=1S/C20H29N3O5S.ClH/c1-13(2)17-18-15(23(20(17)25)29(3,26)27)8-11-22(18)19(24)16-7-6-14(28-16)12-21-9-4-5-10-21;/h6-7,13,15,17-18H,4-5,8-12H2,1-3H3;1H/t15-,17-,18-;/m0./s1. The summed E-state index contributed by atoms with van der Waals surface area (Å²) in [5, 5.41) is 0. The van der Waals surface area contributed by atoms with Gasteiger partial charge in [0, 0.05) is 6.54 Å². The molecule has 0 saturated carbocycles. The average molecular weight is 460 g/mol. The minimum atomic E-state index is -3.68. The lowest BCUT2D eigenvalue weighted by molar-refractivity contribution is -0.129. The van der Waals surface area contributed by atoms with Gasteiger partial charge in [0.1, 0.15) is 5.76 Å². The maximum atomic E-state index is 13.2. The molecule has 4 rings (SSSR count). The SMILES string of the molecule is CC(C)[C@@H]1C(=O)N(S(C)(=O)=O)[C@H]2CCN(C(=O)c3ccc(CN4CCCC4)o3)[C@H]12.Cl. The number of nitrogens with zero attached hydrogens (tertiary/aromatic N) is 3. The molecule has 1 aromatic heterocycles. The molecule has 3 saturated heterocycles. The molecule has 0 bridgehead atoms. The van der Waals surface area contributed by atoms with Crippen LogP contribution in [0.1, 0.15) is 49.4 Å². The highest BCUT2D eigenvalue weighted by Crippen LogP contribution is 2.41. The van der Waals surface area contributed by atoms with E-state index < -0.39 is 33.9 Å². The lowest BCUT2D eigenvalue weighted by atomic mass is 9.88. The van der Waals surface area contributed by atoms with Crippen LogP contribution in [0.25, 0.3) is 0 Å². The van der Waals surface area contributed by atoms with Gasteiger partial charge in [-0.25, -0.2) is 12.7 Å². The van der Waals surface area contributed by atoms with Crippen LogP contribution in [0.4, 0.5) is 0 Å². The number of hydrogen-bond donors (Lipinski definition) is 0. The van der Waals surface area contributed by atoms with Crippen LogP contribution in [0.2, 0.25) is 0 Å². The number of halogens is 1. The van der Waals surface area contributed by atoms with Crippen molar-refractivity contribution in [3.8, 4) is 0 Å². The third-order valence-electron chi connectivity index (χ3n) is 6.38. The van der Waals surface area contributed by atoms with E-state index in [1.165, 1.54) is 12.8 Å². The normalized spacial score (nSPS) is 27.1. The van der Waals surface area contributed by atoms with Crippen LogP contribution >= 0.6 is 12.4 Å². The van der Waals surface area contributed by atoms with Gasteiger partial charge in [-0.2, -0.15) is 0 Å². The average Bonchev–Trinajstić information content (AvgIpc) is 3.37. The van der Waals surface area contributed by atoms with E-state index in [0.29, 0.717) is 19.5 Å². The highest BCUT2D eigenvalue weighted by Gasteiger charge is 2.58. The van der Waals surface area contributed by atoms with Crippen LogP contribution in [-0.4, -0.2) is 72.3 Å². The molecule has 3 fully saturated rings. The molecule has 0 unspecified atom stereocenters. The third kappa shape index (κ3) is 3.99. The molecule has 2 amide bonds. The Balaban J connectivity index is 0.00000256. The van der Waals surface area contributed by atoms with Crippen molar-refractivity contribution in [1.29, 1.82) is 0 Å². The van der Waals surface area contributed by atoms with Gasteiger partial charge in [-0.3, -0.25) is 14.5 Å². The first-order chi connectivity index (χ1) is 13.7. The van der Waals surface area contributed by atoms with E-state index in [9.17, 15) is 18.0 Å². The lowest BCUT2D eigenvalue weighted by Gasteiger charge is -2.28. The minimum Gasteiger partial charge on any atom is -0.455 e. The van der Waals surface area contributed by atoms with Crippen molar-refractivity contribution >= 4 is 34.2 Å². The second kappa shape index (κ2) is 8.51. The monoisotopic (exact) mass is 459 g/mol. The number of sulfonamides is 1. The second-order valence-electron chi connectivity index (χ2n) is 8.76. The Labute approximate surface area is 184 Å². The summed E-state index contributed by atoms with van der Waals surface area (Å²) >= 11 is 0. The summed E-state index contributed by atoms with van der Waals surface area (Å²) in [7, 11) is -3.68. The first kappa shape index (κ1) is 23.1. The lowest BCUT2D eigenvalue weighted by Crippen LogP contribution is -2.44. The number of fused-ring (bicyclic) bond motifs is 1. The Hall–Kier alpha value is -1.58. The van der Waals surface area contributed by atoms with Crippen LogP contribution in [0.15, 0.2) is 16.5 Å². The highest BCUT2D eigenvalue weighted by atomic mass is 35.5. The maximum absolute atomic E-state index is 13.2. The fourth-order valence-corrected chi connectivity index (χ4v) is 6.32. The second-order valence-corrected chi connectivity index (χ2v) is 10.6. The number of hydrogen-bond acceptors (Lipinski definition) is 6. The van der Waals surface area contributed by atoms with E-state index in [1.54, 1.807) is 11.0 Å². The van der Waals surface area contributed by atoms with Gasteiger partial charge >= 0.3 is 0 Å². The Kier molecular flexibility index (Phi) is 6.55. The zero-order valence-electron chi connectivity index (χ0n) is 17.6. The Morgan fingerprint density at radius 1 is 1.20 bits per heavy atom. The molecule has 0 aromatic carbocycles. The van der Waals surface area contributed by atoms with Crippen molar-refractivity contribution in [2.45, 2.75) is 51.7 Å².